The molecule has 0 radical (unpaired) electrons. The van der Waals surface area contributed by atoms with Gasteiger partial charge in [-0.15, -0.1) is 0 Å². The molecule has 5 nitrogen and oxygen atoms in total. The van der Waals surface area contributed by atoms with Crippen molar-refractivity contribution in [3.05, 3.63) is 53.7 Å². The van der Waals surface area contributed by atoms with Crippen LogP contribution < -0.4 is 0 Å². The summed E-state index contributed by atoms with van der Waals surface area (Å²) in [4.78, 5) is 4.31. The molecule has 5 heteroatoms. The number of aryl methyl sites for hydroxylation is 1. The molecular formula is C21H24N4O. The van der Waals surface area contributed by atoms with Gasteiger partial charge in [0, 0.05) is 17.2 Å². The summed E-state index contributed by atoms with van der Waals surface area (Å²) in [6, 6.07) is 12.5. The highest BCUT2D eigenvalue weighted by Crippen LogP contribution is 2.27. The van der Waals surface area contributed by atoms with Gasteiger partial charge in [-0.05, 0) is 24.5 Å². The molecule has 2 heterocycles. The SMILES string of the molecule is CCCCc1ccc(-c2ccn(-c3oc(C(C)(C)C)nc3C#N)n2)cc1. The van der Waals surface area contributed by atoms with E-state index in [-0.39, 0.29) is 11.1 Å². The van der Waals surface area contributed by atoms with Gasteiger partial charge in [0.05, 0.1) is 5.69 Å². The first-order valence-electron chi connectivity index (χ1n) is 8.99. The maximum atomic E-state index is 9.37. The van der Waals surface area contributed by atoms with Gasteiger partial charge >= 0.3 is 0 Å². The minimum atomic E-state index is -0.270. The van der Waals surface area contributed by atoms with Gasteiger partial charge in [-0.25, -0.2) is 4.68 Å². The molecule has 134 valence electrons. The molecule has 0 unspecified atom stereocenters. The van der Waals surface area contributed by atoms with E-state index in [1.54, 1.807) is 10.9 Å². The summed E-state index contributed by atoms with van der Waals surface area (Å²) in [5, 5.41) is 13.9. The number of nitrogens with zero attached hydrogens (tertiary/aromatic N) is 4. The summed E-state index contributed by atoms with van der Waals surface area (Å²) in [6.45, 7) is 8.19. The molecule has 0 fully saturated rings. The minimum absolute atomic E-state index is 0.250. The van der Waals surface area contributed by atoms with Crippen molar-refractivity contribution in [1.29, 1.82) is 5.26 Å². The van der Waals surface area contributed by atoms with Crippen LogP contribution in [0.15, 0.2) is 40.9 Å². The molecule has 0 saturated heterocycles. The van der Waals surface area contributed by atoms with E-state index in [0.717, 1.165) is 17.7 Å². The summed E-state index contributed by atoms with van der Waals surface area (Å²) in [5.41, 5.74) is 3.20. The Labute approximate surface area is 154 Å². The Morgan fingerprint density at radius 2 is 1.88 bits per heavy atom. The van der Waals surface area contributed by atoms with Crippen LogP contribution in [0.2, 0.25) is 0 Å². The molecule has 0 spiro atoms. The van der Waals surface area contributed by atoms with Crippen LogP contribution in [0.1, 0.15) is 57.7 Å². The van der Waals surface area contributed by atoms with Gasteiger partial charge in [0.2, 0.25) is 11.6 Å². The number of benzene rings is 1. The van der Waals surface area contributed by atoms with Crippen molar-refractivity contribution >= 4 is 0 Å². The fourth-order valence-corrected chi connectivity index (χ4v) is 2.68. The second-order valence-electron chi connectivity index (χ2n) is 7.48. The van der Waals surface area contributed by atoms with Gasteiger partial charge in [0.1, 0.15) is 6.07 Å². The highest BCUT2D eigenvalue weighted by atomic mass is 16.4. The number of hydrogen-bond acceptors (Lipinski definition) is 4. The van der Waals surface area contributed by atoms with Crippen LogP contribution in [0, 0.1) is 11.3 Å². The van der Waals surface area contributed by atoms with Gasteiger partial charge in [-0.3, -0.25) is 0 Å². The van der Waals surface area contributed by atoms with Crippen molar-refractivity contribution in [2.75, 3.05) is 0 Å². The largest absolute Gasteiger partial charge is 0.421 e. The second kappa shape index (κ2) is 7.17. The van der Waals surface area contributed by atoms with E-state index in [1.807, 2.05) is 26.8 Å². The predicted octanol–water partition coefficient (Wildman–Crippen LogP) is 5.04. The van der Waals surface area contributed by atoms with Crippen molar-refractivity contribution in [1.82, 2.24) is 14.8 Å². The molecule has 0 amide bonds. The molecule has 0 aliphatic carbocycles. The lowest BCUT2D eigenvalue weighted by Crippen LogP contribution is -2.11. The van der Waals surface area contributed by atoms with Crippen LogP contribution >= 0.6 is 0 Å². The average Bonchev–Trinajstić information content (AvgIpc) is 3.26. The Bertz CT molecular complexity index is 920. The van der Waals surface area contributed by atoms with Gasteiger partial charge in [0.25, 0.3) is 5.88 Å². The number of oxazole rings is 1. The lowest BCUT2D eigenvalue weighted by atomic mass is 9.97. The third-order valence-corrected chi connectivity index (χ3v) is 4.22. The van der Waals surface area contributed by atoms with Crippen LogP contribution in [-0.4, -0.2) is 14.8 Å². The average molecular weight is 348 g/mol. The number of hydrogen-bond donors (Lipinski definition) is 0. The summed E-state index contributed by atoms with van der Waals surface area (Å²) in [7, 11) is 0. The van der Waals surface area contributed by atoms with Crippen LogP contribution in [0.3, 0.4) is 0 Å². The van der Waals surface area contributed by atoms with E-state index < -0.39 is 0 Å². The molecule has 0 atom stereocenters. The van der Waals surface area contributed by atoms with E-state index in [1.165, 1.54) is 18.4 Å². The molecule has 26 heavy (non-hydrogen) atoms. The van der Waals surface area contributed by atoms with E-state index in [0.29, 0.717) is 11.8 Å². The molecule has 1 aromatic carbocycles. The van der Waals surface area contributed by atoms with Crippen molar-refractivity contribution < 1.29 is 4.42 Å². The Morgan fingerprint density at radius 1 is 1.15 bits per heavy atom. The molecule has 0 N–H and O–H groups in total. The topological polar surface area (TPSA) is 67.6 Å². The molecular weight excluding hydrogens is 324 g/mol. The molecule has 0 saturated carbocycles. The number of nitriles is 1. The Balaban J connectivity index is 1.89. The molecule has 2 aromatic heterocycles. The van der Waals surface area contributed by atoms with Gasteiger partial charge in [0.15, 0.2) is 0 Å². The van der Waals surface area contributed by atoms with Crippen LogP contribution in [0.5, 0.6) is 0 Å². The molecule has 3 aromatic rings. The zero-order chi connectivity index (χ0) is 18.7. The van der Waals surface area contributed by atoms with Crippen LogP contribution in [0.25, 0.3) is 17.1 Å². The Kier molecular flexibility index (Phi) is 4.94. The summed E-state index contributed by atoms with van der Waals surface area (Å²) in [6.07, 6.45) is 5.30. The van der Waals surface area contributed by atoms with Crippen molar-refractivity contribution in [3.8, 4) is 23.2 Å². The fraction of sp³-hybridized carbons (Fsp3) is 0.381. The first kappa shape index (κ1) is 17.9. The monoisotopic (exact) mass is 348 g/mol. The Hall–Kier alpha value is -2.87. The molecule has 0 aliphatic heterocycles. The third kappa shape index (κ3) is 3.70. The lowest BCUT2D eigenvalue weighted by Gasteiger charge is -2.11. The van der Waals surface area contributed by atoms with Gasteiger partial charge < -0.3 is 4.42 Å². The van der Waals surface area contributed by atoms with Crippen molar-refractivity contribution in [3.63, 3.8) is 0 Å². The van der Waals surface area contributed by atoms with Crippen molar-refractivity contribution in [2.24, 2.45) is 0 Å². The van der Waals surface area contributed by atoms with E-state index in [2.05, 4.69) is 47.3 Å². The standard InChI is InChI=1S/C21H24N4O/c1-5-6-7-15-8-10-16(11-9-15)17-12-13-25(24-17)19-18(14-22)23-20(26-19)21(2,3)4/h8-13H,5-7H2,1-4H3. The first-order chi connectivity index (χ1) is 12.4. The molecule has 0 aliphatic rings. The Morgan fingerprint density at radius 3 is 2.50 bits per heavy atom. The third-order valence-electron chi connectivity index (χ3n) is 4.22. The van der Waals surface area contributed by atoms with E-state index in [9.17, 15) is 5.26 Å². The smallest absolute Gasteiger partial charge is 0.259 e. The van der Waals surface area contributed by atoms with Crippen LogP contribution in [-0.2, 0) is 11.8 Å². The lowest BCUT2D eigenvalue weighted by molar-refractivity contribution is 0.381. The maximum Gasteiger partial charge on any atom is 0.259 e. The number of unbranched alkanes of at least 4 members (excludes halogenated alkanes) is 1. The van der Waals surface area contributed by atoms with Gasteiger partial charge in [-0.1, -0.05) is 58.4 Å². The van der Waals surface area contributed by atoms with Gasteiger partial charge in [-0.2, -0.15) is 15.3 Å². The minimum Gasteiger partial charge on any atom is -0.421 e. The molecule has 3 rings (SSSR count). The summed E-state index contributed by atoms with van der Waals surface area (Å²) >= 11 is 0. The maximum absolute atomic E-state index is 9.37. The van der Waals surface area contributed by atoms with E-state index in [4.69, 9.17) is 4.42 Å². The highest BCUT2D eigenvalue weighted by Gasteiger charge is 2.25. The van der Waals surface area contributed by atoms with E-state index >= 15 is 0 Å². The number of aromatic nitrogens is 3. The van der Waals surface area contributed by atoms with Crippen molar-refractivity contribution in [2.45, 2.75) is 52.4 Å². The van der Waals surface area contributed by atoms with Crippen LogP contribution in [0.4, 0.5) is 0 Å². The quantitative estimate of drug-likeness (QED) is 0.648. The number of rotatable bonds is 5. The second-order valence-corrected chi connectivity index (χ2v) is 7.48. The summed E-state index contributed by atoms with van der Waals surface area (Å²) < 4.78 is 7.42. The normalized spacial score (nSPS) is 11.5. The predicted molar refractivity (Wildman–Crippen MR) is 101 cm³/mol. The zero-order valence-corrected chi connectivity index (χ0v) is 15.8. The summed E-state index contributed by atoms with van der Waals surface area (Å²) in [5.74, 6) is 0.893. The molecule has 0 bridgehead atoms. The fourth-order valence-electron chi connectivity index (χ4n) is 2.68. The zero-order valence-electron chi connectivity index (χ0n) is 15.8. The first-order valence-corrected chi connectivity index (χ1v) is 8.99. The highest BCUT2D eigenvalue weighted by molar-refractivity contribution is 5.59.